The van der Waals surface area contributed by atoms with E-state index in [9.17, 15) is 4.79 Å². The van der Waals surface area contributed by atoms with Gasteiger partial charge in [0.2, 0.25) is 5.91 Å². The van der Waals surface area contributed by atoms with Gasteiger partial charge in [0.25, 0.3) is 0 Å². The monoisotopic (exact) mass is 333 g/mol. The van der Waals surface area contributed by atoms with E-state index in [-0.39, 0.29) is 18.4 Å². The van der Waals surface area contributed by atoms with Crippen LogP contribution in [0.3, 0.4) is 0 Å². The fourth-order valence-corrected chi connectivity index (χ4v) is 3.13. The predicted octanol–water partition coefficient (Wildman–Crippen LogP) is 3.74. The standard InChI is InChI=1S/C20H19N3O2/c1-13(15-11-21-23(2)12-15)22-20(24)10-16-9-18-17-6-4-3-5-14(17)7-8-19(18)25-16/h3-9,11-13H,10H2,1-2H3,(H,22,24)/t13-/m0/s1. The van der Waals surface area contributed by atoms with Crippen molar-refractivity contribution >= 4 is 27.6 Å². The van der Waals surface area contributed by atoms with E-state index in [1.807, 2.05) is 50.5 Å². The van der Waals surface area contributed by atoms with Gasteiger partial charge in [-0.3, -0.25) is 9.48 Å². The molecule has 1 N–H and O–H groups in total. The van der Waals surface area contributed by atoms with Crippen LogP contribution in [0, 0.1) is 0 Å². The summed E-state index contributed by atoms with van der Waals surface area (Å²) in [5, 5.41) is 10.5. The Morgan fingerprint density at radius 2 is 2.08 bits per heavy atom. The molecule has 4 rings (SSSR count). The molecule has 2 aromatic heterocycles. The molecule has 0 saturated heterocycles. The zero-order chi connectivity index (χ0) is 17.4. The molecule has 2 heterocycles. The molecule has 0 saturated carbocycles. The third-order valence-corrected chi connectivity index (χ3v) is 4.41. The molecule has 0 bridgehead atoms. The lowest BCUT2D eigenvalue weighted by atomic mass is 10.1. The zero-order valence-electron chi connectivity index (χ0n) is 14.2. The van der Waals surface area contributed by atoms with Gasteiger partial charge in [0.05, 0.1) is 18.7 Å². The highest BCUT2D eigenvalue weighted by Gasteiger charge is 2.14. The fraction of sp³-hybridized carbons (Fsp3) is 0.200. The Morgan fingerprint density at radius 1 is 1.24 bits per heavy atom. The number of hydrogen-bond acceptors (Lipinski definition) is 3. The minimum absolute atomic E-state index is 0.0697. The van der Waals surface area contributed by atoms with Crippen molar-refractivity contribution in [3.63, 3.8) is 0 Å². The van der Waals surface area contributed by atoms with Gasteiger partial charge in [0, 0.05) is 24.2 Å². The van der Waals surface area contributed by atoms with Crippen molar-refractivity contribution in [3.05, 3.63) is 66.2 Å². The van der Waals surface area contributed by atoms with Gasteiger partial charge >= 0.3 is 0 Å². The minimum atomic E-state index is -0.0913. The predicted molar refractivity (Wildman–Crippen MR) is 97.2 cm³/mol. The van der Waals surface area contributed by atoms with Crippen molar-refractivity contribution in [1.82, 2.24) is 15.1 Å². The zero-order valence-corrected chi connectivity index (χ0v) is 14.2. The highest BCUT2D eigenvalue weighted by Crippen LogP contribution is 2.28. The number of benzene rings is 2. The number of furan rings is 1. The Kier molecular flexibility index (Phi) is 3.76. The molecule has 5 nitrogen and oxygen atoms in total. The summed E-state index contributed by atoms with van der Waals surface area (Å²) in [6.07, 6.45) is 3.88. The number of fused-ring (bicyclic) bond motifs is 3. The van der Waals surface area contributed by atoms with E-state index in [4.69, 9.17) is 4.42 Å². The lowest BCUT2D eigenvalue weighted by Gasteiger charge is -2.11. The van der Waals surface area contributed by atoms with Crippen LogP contribution in [0.2, 0.25) is 0 Å². The van der Waals surface area contributed by atoms with Crippen LogP contribution < -0.4 is 5.32 Å². The number of rotatable bonds is 4. The molecule has 1 atom stereocenters. The van der Waals surface area contributed by atoms with Crippen LogP contribution in [0.1, 0.15) is 24.3 Å². The maximum Gasteiger partial charge on any atom is 0.228 e. The van der Waals surface area contributed by atoms with Crippen LogP contribution in [0.15, 0.2) is 59.3 Å². The van der Waals surface area contributed by atoms with Gasteiger partial charge in [0.1, 0.15) is 11.3 Å². The van der Waals surface area contributed by atoms with Crippen LogP contribution in [-0.4, -0.2) is 15.7 Å². The third kappa shape index (κ3) is 3.01. The molecule has 126 valence electrons. The van der Waals surface area contributed by atoms with E-state index in [1.165, 1.54) is 0 Å². The van der Waals surface area contributed by atoms with Gasteiger partial charge in [-0.1, -0.05) is 30.3 Å². The Balaban J connectivity index is 1.54. The number of carbonyl (C=O) groups is 1. The van der Waals surface area contributed by atoms with E-state index in [2.05, 4.69) is 22.5 Å². The van der Waals surface area contributed by atoms with Crippen molar-refractivity contribution in [2.45, 2.75) is 19.4 Å². The van der Waals surface area contributed by atoms with E-state index >= 15 is 0 Å². The molecule has 2 aromatic carbocycles. The molecule has 0 fully saturated rings. The quantitative estimate of drug-likeness (QED) is 0.619. The summed E-state index contributed by atoms with van der Waals surface area (Å²) < 4.78 is 7.59. The van der Waals surface area contributed by atoms with E-state index < -0.39 is 0 Å². The molecule has 25 heavy (non-hydrogen) atoms. The molecule has 0 unspecified atom stereocenters. The highest BCUT2D eigenvalue weighted by molar-refractivity contribution is 6.06. The number of hydrogen-bond donors (Lipinski definition) is 1. The normalized spacial score (nSPS) is 12.6. The third-order valence-electron chi connectivity index (χ3n) is 4.41. The van der Waals surface area contributed by atoms with E-state index in [1.54, 1.807) is 10.9 Å². The molecule has 0 radical (unpaired) electrons. The van der Waals surface area contributed by atoms with Crippen molar-refractivity contribution in [2.75, 3.05) is 0 Å². The summed E-state index contributed by atoms with van der Waals surface area (Å²) >= 11 is 0. The summed E-state index contributed by atoms with van der Waals surface area (Å²) in [5.74, 6) is 0.599. The Morgan fingerprint density at radius 3 is 2.88 bits per heavy atom. The first-order valence-corrected chi connectivity index (χ1v) is 8.28. The van der Waals surface area contributed by atoms with Crippen molar-refractivity contribution in [1.29, 1.82) is 0 Å². The van der Waals surface area contributed by atoms with Gasteiger partial charge in [0.15, 0.2) is 0 Å². The molecule has 0 aliphatic heterocycles. The average molecular weight is 333 g/mol. The summed E-state index contributed by atoms with van der Waals surface area (Å²) in [5.41, 5.74) is 1.79. The SMILES string of the molecule is C[C@H](NC(=O)Cc1cc2c(ccc3ccccc32)o1)c1cnn(C)c1. The average Bonchev–Trinajstić information content (AvgIpc) is 3.20. The largest absolute Gasteiger partial charge is 0.461 e. The van der Waals surface area contributed by atoms with Gasteiger partial charge in [-0.2, -0.15) is 5.10 Å². The summed E-state index contributed by atoms with van der Waals surface area (Å²) in [6, 6.07) is 14.0. The van der Waals surface area contributed by atoms with Crippen LogP contribution >= 0.6 is 0 Å². The molecular weight excluding hydrogens is 314 g/mol. The van der Waals surface area contributed by atoms with E-state index in [0.717, 1.165) is 27.3 Å². The molecule has 4 aromatic rings. The molecule has 0 aliphatic carbocycles. The second kappa shape index (κ2) is 6.09. The molecule has 5 heteroatoms. The number of amides is 1. The number of nitrogens with zero attached hydrogens (tertiary/aromatic N) is 2. The van der Waals surface area contributed by atoms with Crippen LogP contribution in [-0.2, 0) is 18.3 Å². The van der Waals surface area contributed by atoms with Crippen LogP contribution in [0.25, 0.3) is 21.7 Å². The van der Waals surface area contributed by atoms with Crippen molar-refractivity contribution in [3.8, 4) is 0 Å². The smallest absolute Gasteiger partial charge is 0.228 e. The number of aryl methyl sites for hydroxylation is 1. The Labute approximate surface area is 145 Å². The molecule has 1 amide bonds. The van der Waals surface area contributed by atoms with Crippen molar-refractivity contribution in [2.24, 2.45) is 7.05 Å². The highest BCUT2D eigenvalue weighted by atomic mass is 16.3. The molecule has 0 spiro atoms. The second-order valence-electron chi connectivity index (χ2n) is 6.32. The van der Waals surface area contributed by atoms with Gasteiger partial charge in [-0.05, 0) is 29.8 Å². The maximum absolute atomic E-state index is 12.3. The topological polar surface area (TPSA) is 60.1 Å². The maximum atomic E-state index is 12.3. The number of nitrogens with one attached hydrogen (secondary N) is 1. The first kappa shape index (κ1) is 15.4. The number of carbonyl (C=O) groups excluding carboxylic acids is 1. The fourth-order valence-electron chi connectivity index (χ4n) is 3.13. The summed E-state index contributed by atoms with van der Waals surface area (Å²) in [6.45, 7) is 1.95. The Bertz CT molecular complexity index is 1060. The lowest BCUT2D eigenvalue weighted by Crippen LogP contribution is -2.27. The first-order chi connectivity index (χ1) is 12.1. The van der Waals surface area contributed by atoms with Gasteiger partial charge in [-0.15, -0.1) is 0 Å². The van der Waals surface area contributed by atoms with Crippen LogP contribution in [0.5, 0.6) is 0 Å². The second-order valence-corrected chi connectivity index (χ2v) is 6.32. The molecule has 0 aliphatic rings. The summed E-state index contributed by atoms with van der Waals surface area (Å²) in [7, 11) is 1.86. The van der Waals surface area contributed by atoms with E-state index in [0.29, 0.717) is 5.76 Å². The summed E-state index contributed by atoms with van der Waals surface area (Å²) in [4.78, 5) is 12.3. The minimum Gasteiger partial charge on any atom is -0.461 e. The molecular formula is C20H19N3O2. The van der Waals surface area contributed by atoms with Gasteiger partial charge < -0.3 is 9.73 Å². The van der Waals surface area contributed by atoms with Gasteiger partial charge in [-0.25, -0.2) is 0 Å². The van der Waals surface area contributed by atoms with Crippen LogP contribution in [0.4, 0.5) is 0 Å². The van der Waals surface area contributed by atoms with Crippen molar-refractivity contribution < 1.29 is 9.21 Å². The first-order valence-electron chi connectivity index (χ1n) is 8.28. The number of aromatic nitrogens is 2. The Hall–Kier alpha value is -3.08. The lowest BCUT2D eigenvalue weighted by molar-refractivity contribution is -0.121.